The van der Waals surface area contributed by atoms with Gasteiger partial charge in [0.25, 0.3) is 5.91 Å². The Labute approximate surface area is 164 Å². The predicted molar refractivity (Wildman–Crippen MR) is 101 cm³/mol. The minimum absolute atomic E-state index is 0.124. The standard InChI is InChI=1S/C20H26N4O4/c1-28-20(7-8-21)11-23(12-20)9-13-3-2-4-14-10-24(19(27)17(13)14)15-5-6-16(25)22-18(15)26/h2-4,15H,5-12,21H2,1H3,(H,22,25,26). The molecule has 0 saturated carbocycles. The molecule has 8 nitrogen and oxygen atoms in total. The molecular weight excluding hydrogens is 360 g/mol. The number of benzene rings is 1. The zero-order chi connectivity index (χ0) is 19.9. The van der Waals surface area contributed by atoms with Crippen molar-refractivity contribution in [1.82, 2.24) is 15.1 Å². The molecule has 0 spiro atoms. The summed E-state index contributed by atoms with van der Waals surface area (Å²) < 4.78 is 5.64. The van der Waals surface area contributed by atoms with Gasteiger partial charge in [0, 0.05) is 45.3 Å². The van der Waals surface area contributed by atoms with Gasteiger partial charge in [0.15, 0.2) is 0 Å². The Morgan fingerprint density at radius 3 is 2.75 bits per heavy atom. The molecular formula is C20H26N4O4. The van der Waals surface area contributed by atoms with Gasteiger partial charge in [0.2, 0.25) is 11.8 Å². The van der Waals surface area contributed by atoms with Gasteiger partial charge in [0.1, 0.15) is 6.04 Å². The number of rotatable bonds is 6. The van der Waals surface area contributed by atoms with Crippen molar-refractivity contribution in [2.45, 2.75) is 44.0 Å². The van der Waals surface area contributed by atoms with Gasteiger partial charge in [-0.2, -0.15) is 0 Å². The fourth-order valence-electron chi connectivity index (χ4n) is 4.60. The van der Waals surface area contributed by atoms with Crippen LogP contribution in [0.15, 0.2) is 18.2 Å². The number of nitrogens with zero attached hydrogens (tertiary/aromatic N) is 2. The van der Waals surface area contributed by atoms with E-state index in [1.54, 1.807) is 12.0 Å². The molecule has 8 heteroatoms. The third kappa shape index (κ3) is 3.21. The summed E-state index contributed by atoms with van der Waals surface area (Å²) in [6.45, 7) is 3.23. The lowest BCUT2D eigenvalue weighted by molar-refractivity contribution is -0.137. The maximum atomic E-state index is 13.1. The van der Waals surface area contributed by atoms with Crippen LogP contribution < -0.4 is 11.1 Å². The van der Waals surface area contributed by atoms with Crippen LogP contribution in [0.1, 0.15) is 40.7 Å². The van der Waals surface area contributed by atoms with E-state index in [1.165, 1.54) is 0 Å². The lowest BCUT2D eigenvalue weighted by atomic mass is 9.89. The van der Waals surface area contributed by atoms with Gasteiger partial charge >= 0.3 is 0 Å². The van der Waals surface area contributed by atoms with Crippen LogP contribution in [0, 0.1) is 0 Å². The molecule has 3 aliphatic rings. The first-order chi connectivity index (χ1) is 13.5. The Hall–Kier alpha value is -2.29. The molecule has 150 valence electrons. The van der Waals surface area contributed by atoms with Crippen molar-refractivity contribution in [2.24, 2.45) is 5.73 Å². The van der Waals surface area contributed by atoms with E-state index in [2.05, 4.69) is 10.2 Å². The van der Waals surface area contributed by atoms with Gasteiger partial charge in [0.05, 0.1) is 5.60 Å². The van der Waals surface area contributed by atoms with Gasteiger partial charge < -0.3 is 15.4 Å². The molecule has 4 rings (SSSR count). The van der Waals surface area contributed by atoms with Crippen LogP contribution in [0.4, 0.5) is 0 Å². The zero-order valence-electron chi connectivity index (χ0n) is 16.1. The highest BCUT2D eigenvalue weighted by atomic mass is 16.5. The quantitative estimate of drug-likeness (QED) is 0.667. The van der Waals surface area contributed by atoms with Crippen molar-refractivity contribution in [3.8, 4) is 0 Å². The number of hydrogen-bond acceptors (Lipinski definition) is 6. The third-order valence-electron chi connectivity index (χ3n) is 6.09. The summed E-state index contributed by atoms with van der Waals surface area (Å²) in [4.78, 5) is 40.6. The number of carbonyl (C=O) groups excluding carboxylic acids is 3. The van der Waals surface area contributed by atoms with Gasteiger partial charge in [-0.05, 0) is 30.5 Å². The summed E-state index contributed by atoms with van der Waals surface area (Å²) in [6.07, 6.45) is 1.45. The molecule has 3 heterocycles. The molecule has 3 N–H and O–H groups in total. The maximum absolute atomic E-state index is 13.1. The molecule has 2 fully saturated rings. The Morgan fingerprint density at radius 1 is 1.29 bits per heavy atom. The van der Waals surface area contributed by atoms with Crippen LogP contribution in [0.5, 0.6) is 0 Å². The lowest BCUT2D eigenvalue weighted by Crippen LogP contribution is -2.62. The van der Waals surface area contributed by atoms with Crippen LogP contribution in [0.25, 0.3) is 0 Å². The van der Waals surface area contributed by atoms with E-state index in [-0.39, 0.29) is 29.7 Å². The van der Waals surface area contributed by atoms with Crippen molar-refractivity contribution in [3.05, 3.63) is 34.9 Å². The Balaban J connectivity index is 1.48. The minimum Gasteiger partial charge on any atom is -0.376 e. The fraction of sp³-hybridized carbons (Fsp3) is 0.550. The SMILES string of the molecule is COC1(CCN)CN(Cc2cccc3c2C(=O)N(C2CCC(=O)NC2=O)C3)C1. The van der Waals surface area contributed by atoms with Gasteiger partial charge in [-0.1, -0.05) is 18.2 Å². The van der Waals surface area contributed by atoms with Gasteiger partial charge in [-0.3, -0.25) is 24.6 Å². The fourth-order valence-corrected chi connectivity index (χ4v) is 4.60. The average molecular weight is 386 g/mol. The van der Waals surface area contributed by atoms with E-state index in [9.17, 15) is 14.4 Å². The van der Waals surface area contributed by atoms with Crippen LogP contribution >= 0.6 is 0 Å². The summed E-state index contributed by atoms with van der Waals surface area (Å²) in [5, 5.41) is 2.34. The second-order valence-electron chi connectivity index (χ2n) is 7.92. The first kappa shape index (κ1) is 19.0. The second-order valence-corrected chi connectivity index (χ2v) is 7.92. The van der Waals surface area contributed by atoms with Crippen molar-refractivity contribution in [3.63, 3.8) is 0 Å². The molecule has 3 aliphatic heterocycles. The molecule has 0 radical (unpaired) electrons. The first-order valence-electron chi connectivity index (χ1n) is 9.69. The molecule has 0 bridgehead atoms. The normalized spacial score (nSPS) is 24.1. The summed E-state index contributed by atoms with van der Waals surface area (Å²) in [7, 11) is 1.72. The molecule has 1 unspecified atom stereocenters. The Morgan fingerprint density at radius 2 is 2.07 bits per heavy atom. The van der Waals surface area contributed by atoms with Crippen LogP contribution in [0.2, 0.25) is 0 Å². The van der Waals surface area contributed by atoms with E-state index in [1.807, 2.05) is 18.2 Å². The molecule has 3 amide bonds. The molecule has 2 saturated heterocycles. The van der Waals surface area contributed by atoms with Gasteiger partial charge in [-0.15, -0.1) is 0 Å². The number of nitrogens with two attached hydrogens (primary N) is 1. The number of ether oxygens (including phenoxy) is 1. The highest BCUT2D eigenvalue weighted by Crippen LogP contribution is 2.33. The van der Waals surface area contributed by atoms with Crippen molar-refractivity contribution in [1.29, 1.82) is 0 Å². The monoisotopic (exact) mass is 386 g/mol. The molecule has 1 aromatic carbocycles. The topological polar surface area (TPSA) is 105 Å². The van der Waals surface area contributed by atoms with Crippen LogP contribution in [-0.4, -0.2) is 65.9 Å². The zero-order valence-corrected chi connectivity index (χ0v) is 16.1. The number of imide groups is 1. The number of carbonyl (C=O) groups is 3. The van der Waals surface area contributed by atoms with E-state index in [4.69, 9.17) is 10.5 Å². The summed E-state index contributed by atoms with van der Waals surface area (Å²) in [5.41, 5.74) is 8.11. The molecule has 0 aromatic heterocycles. The minimum atomic E-state index is -0.583. The number of likely N-dealkylation sites (tertiary alicyclic amines) is 1. The van der Waals surface area contributed by atoms with E-state index < -0.39 is 6.04 Å². The number of piperidine rings is 1. The Kier molecular flexibility index (Phi) is 4.95. The highest BCUT2D eigenvalue weighted by Gasteiger charge is 2.44. The second kappa shape index (κ2) is 7.27. The highest BCUT2D eigenvalue weighted by molar-refractivity contribution is 6.05. The first-order valence-corrected chi connectivity index (χ1v) is 9.69. The number of nitrogens with one attached hydrogen (secondary N) is 1. The summed E-state index contributed by atoms with van der Waals surface area (Å²) in [6, 6.07) is 5.28. The van der Waals surface area contributed by atoms with Crippen molar-refractivity contribution >= 4 is 17.7 Å². The van der Waals surface area contributed by atoms with E-state index in [0.717, 1.165) is 30.6 Å². The lowest BCUT2D eigenvalue weighted by Gasteiger charge is -2.49. The predicted octanol–water partition coefficient (Wildman–Crippen LogP) is -0.00280. The van der Waals surface area contributed by atoms with Crippen LogP contribution in [0.3, 0.4) is 0 Å². The van der Waals surface area contributed by atoms with Crippen molar-refractivity contribution in [2.75, 3.05) is 26.7 Å². The maximum Gasteiger partial charge on any atom is 0.255 e. The Bertz CT molecular complexity index is 818. The third-order valence-corrected chi connectivity index (χ3v) is 6.09. The molecule has 1 aromatic rings. The largest absolute Gasteiger partial charge is 0.376 e. The van der Waals surface area contributed by atoms with Crippen LogP contribution in [-0.2, 0) is 27.4 Å². The number of fused-ring (bicyclic) bond motifs is 1. The van der Waals surface area contributed by atoms with Gasteiger partial charge in [-0.25, -0.2) is 0 Å². The smallest absolute Gasteiger partial charge is 0.255 e. The van der Waals surface area contributed by atoms with E-state index in [0.29, 0.717) is 31.6 Å². The number of hydrogen-bond donors (Lipinski definition) is 2. The number of amides is 3. The number of methoxy groups -OCH3 is 1. The summed E-state index contributed by atoms with van der Waals surface area (Å²) in [5.74, 6) is -0.781. The molecule has 28 heavy (non-hydrogen) atoms. The van der Waals surface area contributed by atoms with Crippen molar-refractivity contribution < 1.29 is 19.1 Å². The average Bonchev–Trinajstić information content (AvgIpc) is 2.97. The summed E-state index contributed by atoms with van der Waals surface area (Å²) >= 11 is 0. The molecule has 1 atom stereocenters. The molecule has 0 aliphatic carbocycles. The van der Waals surface area contributed by atoms with E-state index >= 15 is 0 Å².